The molecule has 0 bridgehead atoms. The molecule has 0 rings (SSSR count). The minimum absolute atomic E-state index is 0.244. The minimum Gasteiger partial charge on any atom is -0.550 e. The second kappa shape index (κ2) is 16.8. The molecule has 22 heavy (non-hydrogen) atoms. The van der Waals surface area contributed by atoms with Crippen molar-refractivity contribution in [1.29, 1.82) is 0 Å². The van der Waals surface area contributed by atoms with Crippen LogP contribution in [0.1, 0.15) is 103 Å². The molecule has 2 N–H and O–H groups in total. The average Bonchev–Trinajstić information content (AvgIpc) is 2.50. The normalized spacial score (nSPS) is 12.5. The number of aliphatic carboxylic acids is 1. The average molecular weight is 313 g/mol. The van der Waals surface area contributed by atoms with E-state index in [1.807, 2.05) is 0 Å². The molecule has 1 unspecified atom stereocenters. The molecule has 0 heterocycles. The molecule has 3 heteroatoms. The van der Waals surface area contributed by atoms with Gasteiger partial charge >= 0.3 is 0 Å². The van der Waals surface area contributed by atoms with E-state index in [0.29, 0.717) is 6.54 Å². The van der Waals surface area contributed by atoms with E-state index < -0.39 is 5.97 Å². The van der Waals surface area contributed by atoms with Gasteiger partial charge in [-0.05, 0) is 31.7 Å². The lowest BCUT2D eigenvalue weighted by molar-refractivity contribution is -0.312. The molecule has 0 saturated heterocycles. The van der Waals surface area contributed by atoms with Crippen LogP contribution in [0.25, 0.3) is 0 Å². The van der Waals surface area contributed by atoms with E-state index in [1.165, 1.54) is 57.8 Å². The fraction of sp³-hybridized carbons (Fsp3) is 0.947. The molecular formula is C19H38NO2-. The van der Waals surface area contributed by atoms with E-state index >= 15 is 0 Å². The number of unbranched alkanes of at least 4 members (excludes halogenated alkanes) is 11. The zero-order chi connectivity index (χ0) is 16.5. The number of carboxylic acid groups (broad SMARTS) is 1. The predicted octanol–water partition coefficient (Wildman–Crippen LogP) is 4.18. The van der Waals surface area contributed by atoms with Crippen molar-refractivity contribution in [2.24, 2.45) is 11.7 Å². The van der Waals surface area contributed by atoms with Crippen LogP contribution < -0.4 is 10.8 Å². The number of carbonyl (C=O) groups excluding carboxylic acids is 1. The first-order valence-corrected chi connectivity index (χ1v) is 9.63. The number of hydrogen-bond donors (Lipinski definition) is 1. The molecule has 0 aliphatic heterocycles. The molecule has 0 radical (unpaired) electrons. The van der Waals surface area contributed by atoms with Crippen molar-refractivity contribution in [1.82, 2.24) is 0 Å². The van der Waals surface area contributed by atoms with Crippen LogP contribution in [0.15, 0.2) is 0 Å². The first-order valence-electron chi connectivity index (χ1n) is 9.63. The largest absolute Gasteiger partial charge is 0.550 e. The highest BCUT2D eigenvalue weighted by atomic mass is 16.4. The van der Waals surface area contributed by atoms with Gasteiger partial charge in [-0.2, -0.15) is 0 Å². The van der Waals surface area contributed by atoms with Gasteiger partial charge in [0.25, 0.3) is 0 Å². The summed E-state index contributed by atoms with van der Waals surface area (Å²) in [6.07, 6.45) is 17.5. The number of rotatable bonds is 17. The monoisotopic (exact) mass is 312 g/mol. The van der Waals surface area contributed by atoms with E-state index in [0.717, 1.165) is 38.5 Å². The smallest absolute Gasteiger partial charge is 0.0445 e. The summed E-state index contributed by atoms with van der Waals surface area (Å²) in [7, 11) is 0. The van der Waals surface area contributed by atoms with Crippen LogP contribution >= 0.6 is 0 Å². The summed E-state index contributed by atoms with van der Waals surface area (Å²) in [5, 5.41) is 11.1. The molecule has 1 atom stereocenters. The third-order valence-corrected chi connectivity index (χ3v) is 4.50. The number of nitrogens with two attached hydrogens (primary N) is 1. The van der Waals surface area contributed by atoms with Gasteiger partial charge in [0.05, 0.1) is 0 Å². The lowest BCUT2D eigenvalue weighted by Crippen LogP contribution is -2.31. The molecule has 0 aromatic carbocycles. The lowest BCUT2D eigenvalue weighted by atomic mass is 9.94. The van der Waals surface area contributed by atoms with Crippen LogP contribution in [-0.2, 0) is 4.79 Å². The quantitative estimate of drug-likeness (QED) is 0.410. The maximum Gasteiger partial charge on any atom is 0.0445 e. The Morgan fingerprint density at radius 2 is 1.18 bits per heavy atom. The van der Waals surface area contributed by atoms with Gasteiger partial charge in [0.2, 0.25) is 0 Å². The first-order chi connectivity index (χ1) is 10.7. The van der Waals surface area contributed by atoms with Crippen molar-refractivity contribution in [3.63, 3.8) is 0 Å². The Morgan fingerprint density at radius 3 is 1.59 bits per heavy atom. The molecule has 0 amide bonds. The number of carbonyl (C=O) groups is 1. The van der Waals surface area contributed by atoms with Crippen LogP contribution in [0, 0.1) is 5.92 Å². The Balaban J connectivity index is 3.42. The van der Waals surface area contributed by atoms with E-state index in [-0.39, 0.29) is 5.92 Å². The van der Waals surface area contributed by atoms with Crippen molar-refractivity contribution in [3.05, 3.63) is 0 Å². The first kappa shape index (κ1) is 21.4. The van der Waals surface area contributed by atoms with Crippen LogP contribution in [-0.4, -0.2) is 12.5 Å². The minimum atomic E-state index is -0.858. The lowest BCUT2D eigenvalue weighted by Gasteiger charge is -2.17. The van der Waals surface area contributed by atoms with E-state index in [1.54, 1.807) is 0 Å². The van der Waals surface area contributed by atoms with Crippen molar-refractivity contribution in [3.8, 4) is 0 Å². The zero-order valence-corrected chi connectivity index (χ0v) is 14.8. The third kappa shape index (κ3) is 14.4. The number of hydrogen-bond acceptors (Lipinski definition) is 3. The molecule has 0 aromatic heterocycles. The molecule has 0 aliphatic carbocycles. The fourth-order valence-electron chi connectivity index (χ4n) is 2.97. The van der Waals surface area contributed by atoms with E-state index in [9.17, 15) is 9.90 Å². The van der Waals surface area contributed by atoms with Crippen molar-refractivity contribution >= 4 is 5.97 Å². The van der Waals surface area contributed by atoms with Crippen molar-refractivity contribution in [2.75, 3.05) is 6.54 Å². The van der Waals surface area contributed by atoms with Crippen LogP contribution in [0.2, 0.25) is 0 Å². The van der Waals surface area contributed by atoms with Crippen LogP contribution in [0.5, 0.6) is 0 Å². The zero-order valence-electron chi connectivity index (χ0n) is 14.8. The van der Waals surface area contributed by atoms with Crippen LogP contribution in [0.4, 0.5) is 0 Å². The maximum atomic E-state index is 11.1. The molecule has 0 aliphatic rings. The Bertz CT molecular complexity index is 244. The highest BCUT2D eigenvalue weighted by molar-refractivity contribution is 5.67. The van der Waals surface area contributed by atoms with Gasteiger partial charge in [0.1, 0.15) is 0 Å². The summed E-state index contributed by atoms with van der Waals surface area (Å²) in [5.41, 5.74) is 5.45. The molecule has 3 nitrogen and oxygen atoms in total. The van der Waals surface area contributed by atoms with Crippen LogP contribution in [0.3, 0.4) is 0 Å². The second-order valence-corrected chi connectivity index (χ2v) is 6.62. The Morgan fingerprint density at radius 1 is 0.773 bits per heavy atom. The topological polar surface area (TPSA) is 66.2 Å². The summed E-state index contributed by atoms with van der Waals surface area (Å²) in [6, 6.07) is 0. The SMILES string of the molecule is CCCCCCCCCCCCC(CCCCCN)C(=O)[O-]. The van der Waals surface area contributed by atoms with Gasteiger partial charge in [-0.3, -0.25) is 0 Å². The van der Waals surface area contributed by atoms with Gasteiger partial charge in [0, 0.05) is 5.97 Å². The molecule has 0 aromatic rings. The summed E-state index contributed by atoms with van der Waals surface area (Å²) < 4.78 is 0. The fourth-order valence-corrected chi connectivity index (χ4v) is 2.97. The van der Waals surface area contributed by atoms with Crippen molar-refractivity contribution < 1.29 is 9.90 Å². The van der Waals surface area contributed by atoms with Gasteiger partial charge in [-0.15, -0.1) is 0 Å². The molecule has 0 fully saturated rings. The van der Waals surface area contributed by atoms with E-state index in [2.05, 4.69) is 6.92 Å². The summed E-state index contributed by atoms with van der Waals surface area (Å²) in [4.78, 5) is 11.1. The maximum absolute atomic E-state index is 11.1. The summed E-state index contributed by atoms with van der Waals surface area (Å²) in [5.74, 6) is -1.10. The Kier molecular flexibility index (Phi) is 16.4. The summed E-state index contributed by atoms with van der Waals surface area (Å²) >= 11 is 0. The highest BCUT2D eigenvalue weighted by Crippen LogP contribution is 2.18. The second-order valence-electron chi connectivity index (χ2n) is 6.62. The Labute approximate surface area is 138 Å². The predicted molar refractivity (Wildman–Crippen MR) is 92.5 cm³/mol. The van der Waals surface area contributed by atoms with Gasteiger partial charge in [-0.25, -0.2) is 0 Å². The molecule has 132 valence electrons. The molecule has 0 saturated carbocycles. The van der Waals surface area contributed by atoms with E-state index in [4.69, 9.17) is 5.73 Å². The van der Waals surface area contributed by atoms with Crippen molar-refractivity contribution in [2.45, 2.75) is 103 Å². The molecular weight excluding hydrogens is 274 g/mol. The summed E-state index contributed by atoms with van der Waals surface area (Å²) in [6.45, 7) is 2.95. The Hall–Kier alpha value is -0.570. The highest BCUT2D eigenvalue weighted by Gasteiger charge is 2.09. The van der Waals surface area contributed by atoms with Gasteiger partial charge in [-0.1, -0.05) is 84.0 Å². The van der Waals surface area contributed by atoms with Gasteiger partial charge in [0.15, 0.2) is 0 Å². The third-order valence-electron chi connectivity index (χ3n) is 4.50. The molecule has 0 spiro atoms. The number of carboxylic acids is 1. The van der Waals surface area contributed by atoms with Gasteiger partial charge < -0.3 is 15.6 Å². The standard InChI is InChI=1S/C19H39NO2/c1-2-3-4-5-6-7-8-9-10-12-15-18(19(21)22)16-13-11-14-17-20/h18H,2-17,20H2,1H3,(H,21,22)/p-1.